The molecule has 0 aliphatic rings. The van der Waals surface area contributed by atoms with Crippen molar-refractivity contribution in [3.63, 3.8) is 0 Å². The monoisotopic (exact) mass is 378 g/mol. The third-order valence-electron chi connectivity index (χ3n) is 3.34. The highest BCUT2D eigenvalue weighted by Gasteiger charge is 2.25. The second-order valence-corrected chi connectivity index (χ2v) is 6.78. The normalized spacial score (nSPS) is 11.2. The maximum absolute atomic E-state index is 13.6. The van der Waals surface area contributed by atoms with Gasteiger partial charge >= 0.3 is 0 Å². The van der Waals surface area contributed by atoms with Crippen LogP contribution in [-0.2, 0) is 10.0 Å². The third kappa shape index (κ3) is 3.70. The molecule has 1 aromatic heterocycles. The standard InChI is InChI=1S/C16H12F2N4O3S/c17-10-5-7-11(8-6-10)22-26(24,25)16-12(9-19-21-16)15(23)20-14-4-2-1-3-13(14)18/h1-9,22H,(H,19,21)(H,20,23). The highest BCUT2D eigenvalue weighted by molar-refractivity contribution is 7.92. The van der Waals surface area contributed by atoms with E-state index in [9.17, 15) is 22.0 Å². The van der Waals surface area contributed by atoms with Crippen molar-refractivity contribution in [1.29, 1.82) is 0 Å². The Bertz CT molecular complexity index is 1050. The van der Waals surface area contributed by atoms with Gasteiger partial charge in [-0.15, -0.1) is 0 Å². The average Bonchev–Trinajstić information content (AvgIpc) is 3.10. The number of anilines is 2. The van der Waals surface area contributed by atoms with Crippen molar-refractivity contribution in [2.45, 2.75) is 5.03 Å². The van der Waals surface area contributed by atoms with Crippen LogP contribution in [0.15, 0.2) is 59.8 Å². The van der Waals surface area contributed by atoms with Crippen LogP contribution in [0.3, 0.4) is 0 Å². The molecule has 0 aliphatic heterocycles. The molecule has 3 rings (SSSR count). The van der Waals surface area contributed by atoms with E-state index >= 15 is 0 Å². The minimum Gasteiger partial charge on any atom is -0.319 e. The maximum Gasteiger partial charge on any atom is 0.279 e. The van der Waals surface area contributed by atoms with E-state index in [-0.39, 0.29) is 16.9 Å². The van der Waals surface area contributed by atoms with Gasteiger partial charge in [0.25, 0.3) is 15.9 Å². The highest BCUT2D eigenvalue weighted by Crippen LogP contribution is 2.20. The molecule has 10 heteroatoms. The molecule has 0 aliphatic carbocycles. The first-order valence-corrected chi connectivity index (χ1v) is 8.73. The lowest BCUT2D eigenvalue weighted by molar-refractivity contribution is 0.102. The van der Waals surface area contributed by atoms with Crippen molar-refractivity contribution >= 4 is 27.3 Å². The quantitative estimate of drug-likeness (QED) is 0.635. The molecular weight excluding hydrogens is 366 g/mol. The molecule has 26 heavy (non-hydrogen) atoms. The number of aromatic amines is 1. The maximum atomic E-state index is 13.6. The minimum absolute atomic E-state index is 0.0986. The molecule has 3 N–H and O–H groups in total. The molecule has 0 spiro atoms. The van der Waals surface area contributed by atoms with Crippen molar-refractivity contribution in [2.24, 2.45) is 0 Å². The molecule has 0 fully saturated rings. The van der Waals surface area contributed by atoms with E-state index in [0.717, 1.165) is 24.4 Å². The van der Waals surface area contributed by atoms with Crippen molar-refractivity contribution in [3.05, 3.63) is 71.9 Å². The predicted molar refractivity (Wildman–Crippen MR) is 90.1 cm³/mol. The van der Waals surface area contributed by atoms with Crippen molar-refractivity contribution in [1.82, 2.24) is 10.2 Å². The van der Waals surface area contributed by atoms with Gasteiger partial charge in [-0.2, -0.15) is 13.5 Å². The number of nitrogens with one attached hydrogen (secondary N) is 3. The summed E-state index contributed by atoms with van der Waals surface area (Å²) in [6, 6.07) is 10.1. The van der Waals surface area contributed by atoms with Gasteiger partial charge in [-0.25, -0.2) is 8.78 Å². The summed E-state index contributed by atoms with van der Waals surface area (Å²) in [5.74, 6) is -2.05. The van der Waals surface area contributed by atoms with Crippen LogP contribution in [0.25, 0.3) is 0 Å². The summed E-state index contributed by atoms with van der Waals surface area (Å²) in [6.45, 7) is 0. The fraction of sp³-hybridized carbons (Fsp3) is 0. The van der Waals surface area contributed by atoms with Gasteiger partial charge in [0.1, 0.15) is 11.6 Å². The molecule has 1 amide bonds. The lowest BCUT2D eigenvalue weighted by Gasteiger charge is -2.09. The lowest BCUT2D eigenvalue weighted by atomic mass is 10.2. The molecular formula is C16H12F2N4O3S. The summed E-state index contributed by atoms with van der Waals surface area (Å²) in [4.78, 5) is 12.3. The van der Waals surface area contributed by atoms with Crippen LogP contribution >= 0.6 is 0 Å². The molecule has 1 heterocycles. The Hall–Kier alpha value is -3.27. The Morgan fingerprint density at radius 3 is 2.42 bits per heavy atom. The Labute approximate surface area is 147 Å². The summed E-state index contributed by atoms with van der Waals surface area (Å²) < 4.78 is 53.7. The van der Waals surface area contributed by atoms with Gasteiger partial charge in [0, 0.05) is 5.69 Å². The summed E-state index contributed by atoms with van der Waals surface area (Å²) in [7, 11) is -4.21. The molecule has 0 bridgehead atoms. The molecule has 0 saturated heterocycles. The Balaban J connectivity index is 1.86. The fourth-order valence-electron chi connectivity index (χ4n) is 2.12. The van der Waals surface area contributed by atoms with Gasteiger partial charge < -0.3 is 5.32 Å². The summed E-state index contributed by atoms with van der Waals surface area (Å²) in [6.07, 6.45) is 1.01. The van der Waals surface area contributed by atoms with Gasteiger partial charge in [0.15, 0.2) is 5.03 Å². The van der Waals surface area contributed by atoms with Crippen LogP contribution < -0.4 is 10.0 Å². The van der Waals surface area contributed by atoms with E-state index in [0.29, 0.717) is 0 Å². The van der Waals surface area contributed by atoms with Crippen molar-refractivity contribution < 1.29 is 22.0 Å². The van der Waals surface area contributed by atoms with E-state index < -0.39 is 32.6 Å². The number of H-pyrrole nitrogens is 1. The number of nitrogens with zero attached hydrogens (tertiary/aromatic N) is 1. The molecule has 0 saturated carbocycles. The first-order valence-electron chi connectivity index (χ1n) is 7.24. The van der Waals surface area contributed by atoms with Crippen LogP contribution in [-0.4, -0.2) is 24.5 Å². The summed E-state index contributed by atoms with van der Waals surface area (Å²) in [5, 5.41) is 7.58. The Kier molecular flexibility index (Phi) is 4.67. The van der Waals surface area contributed by atoms with E-state index in [1.165, 1.54) is 30.3 Å². The van der Waals surface area contributed by atoms with Gasteiger partial charge in [-0.3, -0.25) is 14.6 Å². The van der Waals surface area contributed by atoms with Crippen molar-refractivity contribution in [3.8, 4) is 0 Å². The number of para-hydroxylation sites is 1. The molecule has 7 nitrogen and oxygen atoms in total. The van der Waals surface area contributed by atoms with E-state index in [4.69, 9.17) is 0 Å². The Morgan fingerprint density at radius 1 is 1.04 bits per heavy atom. The van der Waals surface area contributed by atoms with Gasteiger partial charge in [0.2, 0.25) is 0 Å². The third-order valence-corrected chi connectivity index (χ3v) is 4.69. The number of hydrogen-bond donors (Lipinski definition) is 3. The number of amides is 1. The number of benzene rings is 2. The molecule has 0 atom stereocenters. The number of hydrogen-bond acceptors (Lipinski definition) is 4. The van der Waals surface area contributed by atoms with E-state index in [2.05, 4.69) is 20.2 Å². The molecule has 3 aromatic rings. The van der Waals surface area contributed by atoms with Crippen LogP contribution in [0.4, 0.5) is 20.2 Å². The molecule has 0 radical (unpaired) electrons. The predicted octanol–water partition coefficient (Wildman–Crippen LogP) is 2.74. The van der Waals surface area contributed by atoms with Crippen LogP contribution in [0.2, 0.25) is 0 Å². The Morgan fingerprint density at radius 2 is 1.73 bits per heavy atom. The smallest absolute Gasteiger partial charge is 0.279 e. The van der Waals surface area contributed by atoms with Gasteiger partial charge in [-0.1, -0.05) is 12.1 Å². The summed E-state index contributed by atoms with van der Waals surface area (Å²) in [5.41, 5.74) is -0.308. The van der Waals surface area contributed by atoms with Crippen molar-refractivity contribution in [2.75, 3.05) is 10.0 Å². The van der Waals surface area contributed by atoms with Gasteiger partial charge in [-0.05, 0) is 36.4 Å². The first kappa shape index (κ1) is 17.5. The van der Waals surface area contributed by atoms with E-state index in [1.54, 1.807) is 0 Å². The number of aromatic nitrogens is 2. The van der Waals surface area contributed by atoms with Crippen LogP contribution in [0, 0.1) is 11.6 Å². The largest absolute Gasteiger partial charge is 0.319 e. The first-order chi connectivity index (χ1) is 12.4. The zero-order valence-electron chi connectivity index (χ0n) is 13.0. The number of halogens is 2. The number of carbonyl (C=O) groups is 1. The average molecular weight is 378 g/mol. The topological polar surface area (TPSA) is 104 Å². The number of carbonyl (C=O) groups excluding carboxylic acids is 1. The van der Waals surface area contributed by atoms with Gasteiger partial charge in [0.05, 0.1) is 17.4 Å². The zero-order valence-corrected chi connectivity index (χ0v) is 13.8. The zero-order chi connectivity index (χ0) is 18.7. The van der Waals surface area contributed by atoms with Crippen LogP contribution in [0.5, 0.6) is 0 Å². The number of sulfonamides is 1. The molecule has 2 aromatic carbocycles. The lowest BCUT2D eigenvalue weighted by Crippen LogP contribution is -2.20. The van der Waals surface area contributed by atoms with E-state index in [1.807, 2.05) is 0 Å². The fourth-order valence-corrected chi connectivity index (χ4v) is 3.27. The molecule has 0 unspecified atom stereocenters. The molecule has 134 valence electrons. The summed E-state index contributed by atoms with van der Waals surface area (Å²) >= 11 is 0. The SMILES string of the molecule is O=C(Nc1ccccc1F)c1cn[nH]c1S(=O)(=O)Nc1ccc(F)cc1. The van der Waals surface area contributed by atoms with Crippen LogP contribution in [0.1, 0.15) is 10.4 Å². The minimum atomic E-state index is -4.21. The second kappa shape index (κ2) is 6.92. The second-order valence-electron chi connectivity index (χ2n) is 5.16. The highest BCUT2D eigenvalue weighted by atomic mass is 32.2. The number of rotatable bonds is 5.